The number of hydrogen-bond donors (Lipinski definition) is 1. The first-order chi connectivity index (χ1) is 9.81. The van der Waals surface area contributed by atoms with Crippen LogP contribution in [0.15, 0.2) is 42.5 Å². The van der Waals surface area contributed by atoms with E-state index in [9.17, 15) is 0 Å². The third-order valence-corrected chi connectivity index (χ3v) is 3.87. The van der Waals surface area contributed by atoms with Crippen LogP contribution in [0.4, 0.5) is 0 Å². The van der Waals surface area contributed by atoms with Crippen molar-refractivity contribution >= 4 is 0 Å². The van der Waals surface area contributed by atoms with Crippen LogP contribution in [-0.2, 0) is 13.0 Å². The van der Waals surface area contributed by atoms with Crippen molar-refractivity contribution in [2.24, 2.45) is 0 Å². The summed E-state index contributed by atoms with van der Waals surface area (Å²) < 4.78 is 10.8. The zero-order chi connectivity index (χ0) is 13.9. The molecule has 1 unspecified atom stereocenters. The summed E-state index contributed by atoms with van der Waals surface area (Å²) in [5.74, 6) is 1.60. The summed E-state index contributed by atoms with van der Waals surface area (Å²) in [6.45, 7) is 0.856. The van der Waals surface area contributed by atoms with Crippen molar-refractivity contribution in [1.82, 2.24) is 5.32 Å². The van der Waals surface area contributed by atoms with E-state index in [1.165, 1.54) is 16.7 Å². The monoisotopic (exact) mass is 269 g/mol. The largest absolute Gasteiger partial charge is 0.493 e. The lowest BCUT2D eigenvalue weighted by molar-refractivity contribution is 0.352. The first-order valence-corrected chi connectivity index (χ1v) is 6.84. The molecular weight excluding hydrogens is 250 g/mol. The lowest BCUT2D eigenvalue weighted by atomic mass is 9.91. The highest BCUT2D eigenvalue weighted by molar-refractivity contribution is 5.48. The van der Waals surface area contributed by atoms with Crippen LogP contribution in [0.5, 0.6) is 11.5 Å². The van der Waals surface area contributed by atoms with Crippen LogP contribution < -0.4 is 14.8 Å². The maximum atomic E-state index is 5.40. The Bertz CT molecular complexity index is 595. The lowest BCUT2D eigenvalue weighted by Crippen LogP contribution is -2.28. The van der Waals surface area contributed by atoms with Gasteiger partial charge in [-0.3, -0.25) is 0 Å². The molecule has 0 bridgehead atoms. The molecule has 1 aliphatic heterocycles. The maximum absolute atomic E-state index is 5.40. The van der Waals surface area contributed by atoms with E-state index < -0.39 is 0 Å². The van der Waals surface area contributed by atoms with Crippen LogP contribution in [0.3, 0.4) is 0 Å². The Morgan fingerprint density at radius 2 is 1.60 bits per heavy atom. The standard InChI is InChI=1S/C17H19NO2/c1-19-16-9-13-8-15(12-6-4-3-5-7-12)18-11-14(13)10-17(16)20-2/h3-7,9-10,15,18H,8,11H2,1-2H3. The van der Waals surface area contributed by atoms with E-state index in [1.807, 2.05) is 6.07 Å². The fourth-order valence-electron chi connectivity index (χ4n) is 2.76. The molecule has 3 rings (SSSR count). The highest BCUT2D eigenvalue weighted by Crippen LogP contribution is 2.35. The first kappa shape index (κ1) is 13.0. The zero-order valence-electron chi connectivity index (χ0n) is 11.8. The highest BCUT2D eigenvalue weighted by Gasteiger charge is 2.21. The Balaban J connectivity index is 1.91. The van der Waals surface area contributed by atoms with Gasteiger partial charge in [0.1, 0.15) is 0 Å². The van der Waals surface area contributed by atoms with Gasteiger partial charge in [0.15, 0.2) is 11.5 Å². The fraction of sp³-hybridized carbons (Fsp3) is 0.294. The Hall–Kier alpha value is -2.00. The van der Waals surface area contributed by atoms with Gasteiger partial charge in [-0.25, -0.2) is 0 Å². The minimum atomic E-state index is 0.363. The smallest absolute Gasteiger partial charge is 0.161 e. The topological polar surface area (TPSA) is 30.5 Å². The molecule has 0 saturated carbocycles. The maximum Gasteiger partial charge on any atom is 0.161 e. The van der Waals surface area contributed by atoms with Crippen LogP contribution in [0.1, 0.15) is 22.7 Å². The van der Waals surface area contributed by atoms with E-state index in [2.05, 4.69) is 41.7 Å². The summed E-state index contributed by atoms with van der Waals surface area (Å²) in [5.41, 5.74) is 3.94. The molecular formula is C17H19NO2. The Morgan fingerprint density at radius 3 is 2.25 bits per heavy atom. The second-order valence-electron chi connectivity index (χ2n) is 5.02. The zero-order valence-corrected chi connectivity index (χ0v) is 11.8. The highest BCUT2D eigenvalue weighted by atomic mass is 16.5. The first-order valence-electron chi connectivity index (χ1n) is 6.84. The number of fused-ring (bicyclic) bond motifs is 1. The molecule has 20 heavy (non-hydrogen) atoms. The van der Waals surface area contributed by atoms with Crippen LogP contribution in [0, 0.1) is 0 Å². The van der Waals surface area contributed by atoms with E-state index in [0.717, 1.165) is 24.5 Å². The van der Waals surface area contributed by atoms with Gasteiger partial charge >= 0.3 is 0 Å². The molecule has 3 nitrogen and oxygen atoms in total. The summed E-state index contributed by atoms with van der Waals surface area (Å²) in [6, 6.07) is 15.1. The average molecular weight is 269 g/mol. The third kappa shape index (κ3) is 2.37. The van der Waals surface area contributed by atoms with Crippen molar-refractivity contribution in [3.05, 3.63) is 59.2 Å². The number of methoxy groups -OCH3 is 2. The summed E-state index contributed by atoms with van der Waals surface area (Å²) in [4.78, 5) is 0. The Kier molecular flexibility index (Phi) is 3.61. The van der Waals surface area contributed by atoms with E-state index in [4.69, 9.17) is 9.47 Å². The summed E-state index contributed by atoms with van der Waals surface area (Å²) in [7, 11) is 3.35. The van der Waals surface area contributed by atoms with Crippen molar-refractivity contribution in [2.75, 3.05) is 14.2 Å². The SMILES string of the molecule is COc1cc2c(cc1OC)CC(c1ccccc1)NC2. The number of benzene rings is 2. The lowest BCUT2D eigenvalue weighted by Gasteiger charge is -2.27. The molecule has 0 saturated heterocycles. The fourth-order valence-corrected chi connectivity index (χ4v) is 2.76. The van der Waals surface area contributed by atoms with Crippen molar-refractivity contribution in [2.45, 2.75) is 19.0 Å². The predicted molar refractivity (Wildman–Crippen MR) is 79.3 cm³/mol. The van der Waals surface area contributed by atoms with Crippen LogP contribution in [0.2, 0.25) is 0 Å². The average Bonchev–Trinajstić information content (AvgIpc) is 2.53. The number of hydrogen-bond acceptors (Lipinski definition) is 3. The van der Waals surface area contributed by atoms with Crippen molar-refractivity contribution in [3.63, 3.8) is 0 Å². The van der Waals surface area contributed by atoms with E-state index in [-0.39, 0.29) is 0 Å². The minimum absolute atomic E-state index is 0.363. The third-order valence-electron chi connectivity index (χ3n) is 3.87. The van der Waals surface area contributed by atoms with Crippen molar-refractivity contribution in [3.8, 4) is 11.5 Å². The van der Waals surface area contributed by atoms with E-state index >= 15 is 0 Å². The molecule has 0 radical (unpaired) electrons. The second kappa shape index (κ2) is 5.55. The number of rotatable bonds is 3. The van der Waals surface area contributed by atoms with Crippen LogP contribution in [0.25, 0.3) is 0 Å². The normalized spacial score (nSPS) is 17.4. The molecule has 104 valence electrons. The molecule has 2 aromatic carbocycles. The van der Waals surface area contributed by atoms with Gasteiger partial charge in [-0.2, -0.15) is 0 Å². The Morgan fingerprint density at radius 1 is 0.950 bits per heavy atom. The molecule has 3 heteroatoms. The van der Waals surface area contributed by atoms with Gasteiger partial charge in [0.2, 0.25) is 0 Å². The molecule has 2 aromatic rings. The van der Waals surface area contributed by atoms with Gasteiger partial charge in [0, 0.05) is 12.6 Å². The molecule has 1 N–H and O–H groups in total. The molecule has 0 amide bonds. The summed E-state index contributed by atoms with van der Waals surface area (Å²) >= 11 is 0. The summed E-state index contributed by atoms with van der Waals surface area (Å²) in [6.07, 6.45) is 0.972. The quantitative estimate of drug-likeness (QED) is 0.928. The molecule has 1 aliphatic rings. The van der Waals surface area contributed by atoms with Gasteiger partial charge in [-0.1, -0.05) is 30.3 Å². The number of nitrogens with one attached hydrogen (secondary N) is 1. The van der Waals surface area contributed by atoms with Gasteiger partial charge in [-0.15, -0.1) is 0 Å². The Labute approximate surface area is 119 Å². The van der Waals surface area contributed by atoms with Crippen LogP contribution >= 0.6 is 0 Å². The van der Waals surface area contributed by atoms with Crippen molar-refractivity contribution in [1.29, 1.82) is 0 Å². The molecule has 0 aliphatic carbocycles. The van der Waals surface area contributed by atoms with Gasteiger partial charge in [0.05, 0.1) is 14.2 Å². The summed E-state index contributed by atoms with van der Waals surface area (Å²) in [5, 5.41) is 3.58. The van der Waals surface area contributed by atoms with Crippen molar-refractivity contribution < 1.29 is 9.47 Å². The van der Waals surface area contributed by atoms with E-state index in [1.54, 1.807) is 14.2 Å². The van der Waals surface area contributed by atoms with Gasteiger partial charge < -0.3 is 14.8 Å². The predicted octanol–water partition coefficient (Wildman–Crippen LogP) is 3.09. The molecule has 1 atom stereocenters. The van der Waals surface area contributed by atoms with Crippen LogP contribution in [-0.4, -0.2) is 14.2 Å². The molecule has 0 aromatic heterocycles. The number of ether oxygens (including phenoxy) is 2. The van der Waals surface area contributed by atoms with Gasteiger partial charge in [0.25, 0.3) is 0 Å². The second-order valence-corrected chi connectivity index (χ2v) is 5.02. The van der Waals surface area contributed by atoms with Gasteiger partial charge in [-0.05, 0) is 35.2 Å². The molecule has 0 spiro atoms. The van der Waals surface area contributed by atoms with E-state index in [0.29, 0.717) is 6.04 Å². The molecule has 0 fully saturated rings. The minimum Gasteiger partial charge on any atom is -0.493 e. The molecule has 1 heterocycles.